The first-order valence-electron chi connectivity index (χ1n) is 7.38. The summed E-state index contributed by atoms with van der Waals surface area (Å²) in [4.78, 5) is 24.3. The number of halogens is 1. The van der Waals surface area contributed by atoms with Gasteiger partial charge in [0.15, 0.2) is 0 Å². The zero-order valence-corrected chi connectivity index (χ0v) is 15.3. The maximum atomic E-state index is 12.3. The SMILES string of the molecule is CC(C)(C)C(=O)Nc1cccc(NC(=O)c2cc(Br)ccc2O)c1. The minimum atomic E-state index is -0.513. The third-order valence-corrected chi connectivity index (χ3v) is 3.76. The number of hydrogen-bond acceptors (Lipinski definition) is 3. The molecule has 3 N–H and O–H groups in total. The molecule has 24 heavy (non-hydrogen) atoms. The van der Waals surface area contributed by atoms with Gasteiger partial charge in [-0.15, -0.1) is 0 Å². The van der Waals surface area contributed by atoms with Crippen LogP contribution in [0.1, 0.15) is 31.1 Å². The number of phenols is 1. The Morgan fingerprint density at radius 3 is 2.25 bits per heavy atom. The molecule has 0 saturated carbocycles. The lowest BCUT2D eigenvalue weighted by molar-refractivity contribution is -0.123. The Kier molecular flexibility index (Phi) is 5.29. The maximum absolute atomic E-state index is 12.3. The van der Waals surface area contributed by atoms with Gasteiger partial charge in [-0.25, -0.2) is 0 Å². The molecule has 126 valence electrons. The second-order valence-electron chi connectivity index (χ2n) is 6.40. The fourth-order valence-corrected chi connectivity index (χ4v) is 2.24. The Bertz CT molecular complexity index is 782. The van der Waals surface area contributed by atoms with E-state index in [1.165, 1.54) is 12.1 Å². The third-order valence-electron chi connectivity index (χ3n) is 3.26. The molecule has 2 amide bonds. The monoisotopic (exact) mass is 390 g/mol. The summed E-state index contributed by atoms with van der Waals surface area (Å²) < 4.78 is 0.691. The van der Waals surface area contributed by atoms with Crippen molar-refractivity contribution in [2.75, 3.05) is 10.6 Å². The van der Waals surface area contributed by atoms with Crippen LogP contribution in [0.3, 0.4) is 0 Å². The average molecular weight is 391 g/mol. The van der Waals surface area contributed by atoms with Crippen molar-refractivity contribution in [1.29, 1.82) is 0 Å². The van der Waals surface area contributed by atoms with E-state index in [2.05, 4.69) is 26.6 Å². The fourth-order valence-electron chi connectivity index (χ4n) is 1.88. The number of aromatic hydroxyl groups is 1. The first-order valence-corrected chi connectivity index (χ1v) is 8.17. The highest BCUT2D eigenvalue weighted by Crippen LogP contribution is 2.24. The van der Waals surface area contributed by atoms with Crippen LogP contribution in [0.4, 0.5) is 11.4 Å². The van der Waals surface area contributed by atoms with Gasteiger partial charge < -0.3 is 15.7 Å². The van der Waals surface area contributed by atoms with Crippen molar-refractivity contribution in [2.24, 2.45) is 5.41 Å². The third kappa shape index (κ3) is 4.58. The summed E-state index contributed by atoms with van der Waals surface area (Å²) in [5, 5.41) is 15.3. The van der Waals surface area contributed by atoms with Crippen LogP contribution >= 0.6 is 15.9 Å². The molecule has 0 radical (unpaired) electrons. The molecule has 6 heteroatoms. The maximum Gasteiger partial charge on any atom is 0.259 e. The summed E-state index contributed by atoms with van der Waals surface area (Å²) in [6.07, 6.45) is 0. The minimum absolute atomic E-state index is 0.104. The average Bonchev–Trinajstić information content (AvgIpc) is 2.49. The van der Waals surface area contributed by atoms with E-state index in [1.807, 2.05) is 20.8 Å². The van der Waals surface area contributed by atoms with Crippen LogP contribution in [-0.2, 0) is 4.79 Å². The molecule has 0 saturated heterocycles. The Labute approximate surface area is 149 Å². The van der Waals surface area contributed by atoms with E-state index in [0.717, 1.165) is 0 Å². The molecule has 0 spiro atoms. The summed E-state index contributed by atoms with van der Waals surface area (Å²) in [7, 11) is 0. The number of rotatable bonds is 3. The molecule has 0 atom stereocenters. The molecule has 2 aromatic carbocycles. The van der Waals surface area contributed by atoms with Crippen LogP contribution in [-0.4, -0.2) is 16.9 Å². The highest BCUT2D eigenvalue weighted by atomic mass is 79.9. The minimum Gasteiger partial charge on any atom is -0.507 e. The van der Waals surface area contributed by atoms with Crippen LogP contribution in [0, 0.1) is 5.41 Å². The van der Waals surface area contributed by atoms with Crippen molar-refractivity contribution in [3.8, 4) is 5.75 Å². The van der Waals surface area contributed by atoms with Crippen molar-refractivity contribution in [3.05, 3.63) is 52.5 Å². The standard InChI is InChI=1S/C18H19BrN2O3/c1-18(2,3)17(24)21-13-6-4-5-12(10-13)20-16(23)14-9-11(19)7-8-15(14)22/h4-10,22H,1-3H3,(H,20,23)(H,21,24). The van der Waals surface area contributed by atoms with Crippen molar-refractivity contribution in [2.45, 2.75) is 20.8 Å². The van der Waals surface area contributed by atoms with Gasteiger partial charge in [0.1, 0.15) is 5.75 Å². The molecule has 0 aliphatic carbocycles. The number of benzene rings is 2. The predicted octanol–water partition coefficient (Wildman–Crippen LogP) is 4.39. The molecule has 0 bridgehead atoms. The van der Waals surface area contributed by atoms with Crippen molar-refractivity contribution in [3.63, 3.8) is 0 Å². The molecule has 0 aliphatic heterocycles. The van der Waals surface area contributed by atoms with E-state index < -0.39 is 11.3 Å². The molecule has 0 aliphatic rings. The van der Waals surface area contributed by atoms with Gasteiger partial charge in [-0.1, -0.05) is 42.8 Å². The van der Waals surface area contributed by atoms with Crippen molar-refractivity contribution in [1.82, 2.24) is 0 Å². The van der Waals surface area contributed by atoms with E-state index >= 15 is 0 Å². The molecular weight excluding hydrogens is 372 g/mol. The normalized spacial score (nSPS) is 11.0. The predicted molar refractivity (Wildman–Crippen MR) is 98.3 cm³/mol. The van der Waals surface area contributed by atoms with Gasteiger partial charge in [0.05, 0.1) is 5.56 Å². The fraction of sp³-hybridized carbons (Fsp3) is 0.222. The van der Waals surface area contributed by atoms with E-state index in [9.17, 15) is 14.7 Å². The highest BCUT2D eigenvalue weighted by Gasteiger charge is 2.21. The zero-order chi connectivity index (χ0) is 17.9. The van der Waals surface area contributed by atoms with Crippen molar-refractivity contribution < 1.29 is 14.7 Å². The topological polar surface area (TPSA) is 78.4 Å². The number of amides is 2. The lowest BCUT2D eigenvalue weighted by Gasteiger charge is -2.18. The van der Waals surface area contributed by atoms with Gasteiger partial charge in [-0.2, -0.15) is 0 Å². The van der Waals surface area contributed by atoms with Gasteiger partial charge in [0.25, 0.3) is 5.91 Å². The lowest BCUT2D eigenvalue weighted by atomic mass is 9.95. The van der Waals surface area contributed by atoms with Crippen LogP contribution in [0.25, 0.3) is 0 Å². The molecule has 5 nitrogen and oxygen atoms in total. The zero-order valence-electron chi connectivity index (χ0n) is 13.7. The number of carbonyl (C=O) groups is 2. The van der Waals surface area contributed by atoms with Crippen LogP contribution in [0.5, 0.6) is 5.75 Å². The van der Waals surface area contributed by atoms with Gasteiger partial charge in [-0.05, 0) is 36.4 Å². The van der Waals surface area contributed by atoms with Crippen molar-refractivity contribution >= 4 is 39.1 Å². The van der Waals surface area contributed by atoms with Crippen LogP contribution < -0.4 is 10.6 Å². The molecule has 0 unspecified atom stereocenters. The number of anilines is 2. The Hall–Kier alpha value is -2.34. The first-order chi connectivity index (χ1) is 11.2. The molecular formula is C18H19BrN2O3. The number of hydrogen-bond donors (Lipinski definition) is 3. The van der Waals surface area contributed by atoms with E-state index in [-0.39, 0.29) is 17.2 Å². The summed E-state index contributed by atoms with van der Waals surface area (Å²) in [5.74, 6) is -0.656. The second kappa shape index (κ2) is 7.05. The Morgan fingerprint density at radius 2 is 1.62 bits per heavy atom. The molecule has 2 aromatic rings. The molecule has 0 heterocycles. The Morgan fingerprint density at radius 1 is 1.00 bits per heavy atom. The van der Waals surface area contributed by atoms with Gasteiger partial charge in [0.2, 0.25) is 5.91 Å². The largest absolute Gasteiger partial charge is 0.507 e. The summed E-state index contributed by atoms with van der Waals surface area (Å²) in [6.45, 7) is 5.47. The first kappa shape index (κ1) is 18.0. The number of phenolic OH excluding ortho intramolecular Hbond substituents is 1. The Balaban J connectivity index is 2.16. The summed E-state index contributed by atoms with van der Waals surface area (Å²) >= 11 is 3.27. The molecule has 2 rings (SSSR count). The van der Waals surface area contributed by atoms with Crippen LogP contribution in [0.2, 0.25) is 0 Å². The van der Waals surface area contributed by atoms with Crippen LogP contribution in [0.15, 0.2) is 46.9 Å². The quantitative estimate of drug-likeness (QED) is 0.726. The van der Waals surface area contributed by atoms with Gasteiger partial charge in [0, 0.05) is 21.3 Å². The lowest BCUT2D eigenvalue weighted by Crippen LogP contribution is -2.27. The second-order valence-corrected chi connectivity index (χ2v) is 7.32. The number of carbonyl (C=O) groups excluding carboxylic acids is 2. The highest BCUT2D eigenvalue weighted by molar-refractivity contribution is 9.10. The molecule has 0 fully saturated rings. The summed E-state index contributed by atoms with van der Waals surface area (Å²) in [6, 6.07) is 11.5. The van der Waals surface area contributed by atoms with E-state index in [4.69, 9.17) is 0 Å². The number of nitrogens with one attached hydrogen (secondary N) is 2. The summed E-state index contributed by atoms with van der Waals surface area (Å²) in [5.41, 5.74) is 0.757. The smallest absolute Gasteiger partial charge is 0.259 e. The van der Waals surface area contributed by atoms with E-state index in [0.29, 0.717) is 15.8 Å². The van der Waals surface area contributed by atoms with Gasteiger partial charge in [-0.3, -0.25) is 9.59 Å². The van der Waals surface area contributed by atoms with E-state index in [1.54, 1.807) is 30.3 Å². The molecule has 0 aromatic heterocycles. The van der Waals surface area contributed by atoms with Gasteiger partial charge >= 0.3 is 0 Å².